The van der Waals surface area contributed by atoms with E-state index in [-0.39, 0.29) is 11.2 Å². The van der Waals surface area contributed by atoms with Crippen LogP contribution in [0, 0.1) is 0 Å². The monoisotopic (exact) mass is 308 g/mol. The van der Waals surface area contributed by atoms with Crippen molar-refractivity contribution in [3.8, 4) is 0 Å². The summed E-state index contributed by atoms with van der Waals surface area (Å²) in [5.41, 5.74) is 0.0918. The first-order valence-corrected chi connectivity index (χ1v) is 6.43. The lowest BCUT2D eigenvalue weighted by Crippen LogP contribution is -2.39. The smallest absolute Gasteiger partial charge is 0.289 e. The van der Waals surface area contributed by atoms with Crippen molar-refractivity contribution in [2.45, 2.75) is 20.0 Å². The summed E-state index contributed by atoms with van der Waals surface area (Å²) in [6.07, 6.45) is 1.65. The van der Waals surface area contributed by atoms with Gasteiger partial charge in [-0.25, -0.2) is 4.79 Å². The van der Waals surface area contributed by atoms with Gasteiger partial charge in [0.05, 0.1) is 10.9 Å². The van der Waals surface area contributed by atoms with E-state index in [1.165, 1.54) is 4.57 Å². The molecule has 0 spiro atoms. The molecule has 0 atom stereocenters. The molecule has 1 aromatic heterocycles. The van der Waals surface area contributed by atoms with Crippen molar-refractivity contribution in [1.29, 1.82) is 0 Å². The number of hydrogen-bond acceptors (Lipinski definition) is 2. The Morgan fingerprint density at radius 2 is 2.06 bits per heavy atom. The zero-order valence-corrected chi connectivity index (χ0v) is 11.6. The number of halogens is 1. The Bertz CT molecular complexity index is 728. The molecular formula is C13H13BrN2O2. The quantitative estimate of drug-likeness (QED) is 0.815. The highest BCUT2D eigenvalue weighted by Gasteiger charge is 2.11. The lowest BCUT2D eigenvalue weighted by atomic mass is 10.2. The van der Waals surface area contributed by atoms with Crippen LogP contribution in [0.15, 0.2) is 44.9 Å². The number of hydrogen-bond donors (Lipinski definition) is 0. The molecule has 2 rings (SSSR count). The number of rotatable bonds is 3. The van der Waals surface area contributed by atoms with E-state index < -0.39 is 0 Å². The number of benzene rings is 1. The minimum Gasteiger partial charge on any atom is -0.289 e. The van der Waals surface area contributed by atoms with Crippen molar-refractivity contribution in [3.05, 3.63) is 56.2 Å². The van der Waals surface area contributed by atoms with Gasteiger partial charge in [-0.2, -0.15) is 0 Å². The van der Waals surface area contributed by atoms with Crippen LogP contribution >= 0.6 is 15.9 Å². The van der Waals surface area contributed by atoms with E-state index in [1.54, 1.807) is 29.7 Å². The van der Waals surface area contributed by atoms with Gasteiger partial charge in [-0.05, 0) is 25.1 Å². The van der Waals surface area contributed by atoms with Crippen LogP contribution in [0.25, 0.3) is 10.9 Å². The molecule has 0 saturated carbocycles. The third kappa shape index (κ3) is 1.95. The Morgan fingerprint density at radius 3 is 2.67 bits per heavy atom. The van der Waals surface area contributed by atoms with Crippen molar-refractivity contribution < 1.29 is 0 Å². The average Bonchev–Trinajstić information content (AvgIpc) is 2.35. The lowest BCUT2D eigenvalue weighted by molar-refractivity contribution is 0.623. The van der Waals surface area contributed by atoms with E-state index in [4.69, 9.17) is 0 Å². The molecule has 0 amide bonds. The molecule has 0 aliphatic heterocycles. The summed E-state index contributed by atoms with van der Waals surface area (Å²) in [6, 6.07) is 5.33. The topological polar surface area (TPSA) is 44.0 Å². The van der Waals surface area contributed by atoms with Crippen molar-refractivity contribution in [3.63, 3.8) is 0 Å². The third-order valence-corrected chi connectivity index (χ3v) is 3.31. The van der Waals surface area contributed by atoms with Gasteiger partial charge in [0.1, 0.15) is 0 Å². The zero-order chi connectivity index (χ0) is 13.3. The van der Waals surface area contributed by atoms with Crippen LogP contribution in [-0.2, 0) is 13.1 Å². The summed E-state index contributed by atoms with van der Waals surface area (Å²) in [4.78, 5) is 24.4. The molecule has 0 bridgehead atoms. The summed E-state index contributed by atoms with van der Waals surface area (Å²) in [5.74, 6) is 0. The van der Waals surface area contributed by atoms with Crippen LogP contribution in [0.1, 0.15) is 6.92 Å². The van der Waals surface area contributed by atoms with Crippen LogP contribution in [0.3, 0.4) is 0 Å². The second-order valence-corrected chi connectivity index (χ2v) is 4.81. The summed E-state index contributed by atoms with van der Waals surface area (Å²) in [6.45, 7) is 6.17. The second-order valence-electron chi connectivity index (χ2n) is 3.89. The van der Waals surface area contributed by atoms with Crippen LogP contribution in [0.5, 0.6) is 0 Å². The summed E-state index contributed by atoms with van der Waals surface area (Å²) >= 11 is 3.34. The maximum Gasteiger partial charge on any atom is 0.331 e. The first kappa shape index (κ1) is 12.8. The summed E-state index contributed by atoms with van der Waals surface area (Å²) in [5, 5.41) is 0.535. The normalized spacial score (nSPS) is 10.8. The highest BCUT2D eigenvalue weighted by atomic mass is 79.9. The standard InChI is InChI=1S/C13H13BrN2O2/c1-3-7-16-11-6-5-9(14)8-10(11)12(17)15(4-2)13(16)18/h3,5-6,8H,1,4,7H2,2H3. The molecule has 0 unspecified atom stereocenters. The van der Waals surface area contributed by atoms with E-state index in [2.05, 4.69) is 22.5 Å². The Balaban J connectivity index is 3.02. The molecule has 0 aliphatic carbocycles. The van der Waals surface area contributed by atoms with Crippen LogP contribution < -0.4 is 11.2 Å². The van der Waals surface area contributed by atoms with Crippen molar-refractivity contribution in [2.24, 2.45) is 0 Å². The molecule has 1 heterocycles. The van der Waals surface area contributed by atoms with Gasteiger partial charge in [-0.1, -0.05) is 22.0 Å². The predicted molar refractivity (Wildman–Crippen MR) is 76.0 cm³/mol. The number of allylic oxidation sites excluding steroid dienone is 1. The molecule has 0 radical (unpaired) electrons. The molecule has 0 aliphatic rings. The molecule has 94 valence electrons. The van der Waals surface area contributed by atoms with Gasteiger partial charge in [0.25, 0.3) is 5.56 Å². The third-order valence-electron chi connectivity index (χ3n) is 2.81. The fraction of sp³-hybridized carbons (Fsp3) is 0.231. The molecule has 2 aromatic rings. The van der Waals surface area contributed by atoms with E-state index in [9.17, 15) is 9.59 Å². The average molecular weight is 309 g/mol. The van der Waals surface area contributed by atoms with Gasteiger partial charge < -0.3 is 0 Å². The highest BCUT2D eigenvalue weighted by Crippen LogP contribution is 2.16. The van der Waals surface area contributed by atoms with Gasteiger partial charge >= 0.3 is 5.69 Å². The second kappa shape index (κ2) is 4.94. The minimum absolute atomic E-state index is 0.251. The van der Waals surface area contributed by atoms with Crippen LogP contribution in [-0.4, -0.2) is 9.13 Å². The Kier molecular flexibility index (Phi) is 3.52. The Morgan fingerprint density at radius 1 is 1.33 bits per heavy atom. The first-order valence-electron chi connectivity index (χ1n) is 5.64. The van der Waals surface area contributed by atoms with Gasteiger partial charge in [0.15, 0.2) is 0 Å². The van der Waals surface area contributed by atoms with Crippen molar-refractivity contribution in [1.82, 2.24) is 9.13 Å². The summed E-state index contributed by atoms with van der Waals surface area (Å²) in [7, 11) is 0. The maximum absolute atomic E-state index is 12.2. The Hall–Kier alpha value is -1.62. The van der Waals surface area contributed by atoms with Crippen molar-refractivity contribution >= 4 is 26.8 Å². The number of fused-ring (bicyclic) bond motifs is 1. The fourth-order valence-electron chi connectivity index (χ4n) is 1.98. The van der Waals surface area contributed by atoms with E-state index in [0.717, 1.165) is 4.47 Å². The summed E-state index contributed by atoms with van der Waals surface area (Å²) < 4.78 is 3.61. The predicted octanol–water partition coefficient (Wildman–Crippen LogP) is 2.13. The molecular weight excluding hydrogens is 296 g/mol. The Labute approximate surface area is 112 Å². The fourth-order valence-corrected chi connectivity index (χ4v) is 2.34. The van der Waals surface area contributed by atoms with Crippen molar-refractivity contribution in [2.75, 3.05) is 0 Å². The zero-order valence-electron chi connectivity index (χ0n) is 10.0. The first-order chi connectivity index (χ1) is 8.60. The van der Waals surface area contributed by atoms with Gasteiger partial charge in [-0.15, -0.1) is 6.58 Å². The number of nitrogens with zero attached hydrogens (tertiary/aromatic N) is 2. The van der Waals surface area contributed by atoms with Gasteiger partial charge in [0.2, 0.25) is 0 Å². The molecule has 0 saturated heterocycles. The largest absolute Gasteiger partial charge is 0.331 e. The molecule has 0 N–H and O–H groups in total. The van der Waals surface area contributed by atoms with Crippen LogP contribution in [0.4, 0.5) is 0 Å². The van der Waals surface area contributed by atoms with Crippen LogP contribution in [0.2, 0.25) is 0 Å². The molecule has 1 aromatic carbocycles. The molecule has 18 heavy (non-hydrogen) atoms. The SMILES string of the molecule is C=CCn1c(=O)n(CC)c(=O)c2cc(Br)ccc21. The highest BCUT2D eigenvalue weighted by molar-refractivity contribution is 9.10. The molecule has 5 heteroatoms. The van der Waals surface area contributed by atoms with E-state index >= 15 is 0 Å². The van der Waals surface area contributed by atoms with E-state index in [0.29, 0.717) is 24.0 Å². The molecule has 4 nitrogen and oxygen atoms in total. The van der Waals surface area contributed by atoms with Gasteiger partial charge in [-0.3, -0.25) is 13.9 Å². The lowest BCUT2D eigenvalue weighted by Gasteiger charge is -2.11. The number of aromatic nitrogens is 2. The maximum atomic E-state index is 12.2. The van der Waals surface area contributed by atoms with E-state index in [1.807, 2.05) is 6.07 Å². The molecule has 0 fully saturated rings. The minimum atomic E-state index is -0.294. The van der Waals surface area contributed by atoms with Gasteiger partial charge in [0, 0.05) is 17.6 Å².